The molecule has 194 valence electrons. The third-order valence-corrected chi connectivity index (χ3v) is 7.58. The third-order valence-electron chi connectivity index (χ3n) is 7.58. The Morgan fingerprint density at radius 2 is 1.78 bits per heavy atom. The number of hydrogen-bond acceptors (Lipinski definition) is 8. The van der Waals surface area contributed by atoms with Gasteiger partial charge < -0.3 is 24.6 Å². The number of benzene rings is 1. The van der Waals surface area contributed by atoms with Gasteiger partial charge in [-0.25, -0.2) is 4.79 Å². The van der Waals surface area contributed by atoms with Crippen molar-refractivity contribution in [1.29, 1.82) is 0 Å². The molecule has 8 heteroatoms. The highest BCUT2D eigenvalue weighted by Gasteiger charge is 2.47. The number of phenols is 1. The summed E-state index contributed by atoms with van der Waals surface area (Å²) in [6.45, 7) is 3.65. The maximum Gasteiger partial charge on any atom is 0.337 e. The summed E-state index contributed by atoms with van der Waals surface area (Å²) in [6.07, 6.45) is 6.20. The number of hydrogen-bond donors (Lipinski definition) is 2. The van der Waals surface area contributed by atoms with E-state index in [1.54, 1.807) is 19.1 Å². The number of Topliss-reactive ketones (excluding diaryl/α,β-unsaturated/α-hetero) is 1. The lowest BCUT2D eigenvalue weighted by Crippen LogP contribution is -2.43. The summed E-state index contributed by atoms with van der Waals surface area (Å²) in [7, 11) is 2.71. The van der Waals surface area contributed by atoms with E-state index >= 15 is 0 Å². The quantitative estimate of drug-likeness (QED) is 0.352. The molecule has 1 fully saturated rings. The van der Waals surface area contributed by atoms with Crippen LogP contribution in [0.5, 0.6) is 11.5 Å². The van der Waals surface area contributed by atoms with Gasteiger partial charge in [0.15, 0.2) is 17.3 Å². The number of phenolic OH excluding ortho intramolecular Hbond substituents is 1. The Bertz CT molecular complexity index is 1110. The molecule has 0 amide bonds. The summed E-state index contributed by atoms with van der Waals surface area (Å²) in [5.74, 6) is -3.26. The number of esters is 2. The van der Waals surface area contributed by atoms with Crippen LogP contribution in [-0.4, -0.2) is 43.2 Å². The van der Waals surface area contributed by atoms with Crippen molar-refractivity contribution in [2.75, 3.05) is 14.2 Å². The summed E-state index contributed by atoms with van der Waals surface area (Å²) < 4.78 is 16.3. The molecule has 36 heavy (non-hydrogen) atoms. The van der Waals surface area contributed by atoms with Gasteiger partial charge in [-0.05, 0) is 62.6 Å². The molecule has 0 bridgehead atoms. The van der Waals surface area contributed by atoms with E-state index in [1.165, 1.54) is 20.3 Å². The van der Waals surface area contributed by atoms with E-state index in [2.05, 4.69) is 5.32 Å². The van der Waals surface area contributed by atoms with E-state index in [-0.39, 0.29) is 29.3 Å². The minimum absolute atomic E-state index is 0.0521. The molecule has 0 saturated heterocycles. The summed E-state index contributed by atoms with van der Waals surface area (Å²) in [5.41, 5.74) is 2.58. The number of nitrogens with one attached hydrogen (secondary N) is 1. The summed E-state index contributed by atoms with van der Waals surface area (Å²) >= 11 is 0. The van der Waals surface area contributed by atoms with E-state index in [9.17, 15) is 19.5 Å². The molecule has 1 aromatic carbocycles. The predicted molar refractivity (Wildman–Crippen MR) is 132 cm³/mol. The summed E-state index contributed by atoms with van der Waals surface area (Å²) in [6, 6.07) is 4.78. The number of aromatic hydroxyl groups is 1. The van der Waals surface area contributed by atoms with Crippen molar-refractivity contribution < 1.29 is 33.7 Å². The van der Waals surface area contributed by atoms with Gasteiger partial charge in [0.05, 0.1) is 19.8 Å². The van der Waals surface area contributed by atoms with Gasteiger partial charge in [0.1, 0.15) is 12.0 Å². The number of carbonyl (C=O) groups is 3. The Hall–Kier alpha value is -3.29. The van der Waals surface area contributed by atoms with E-state index in [4.69, 9.17) is 14.2 Å². The number of ketones is 1. The van der Waals surface area contributed by atoms with Crippen LogP contribution in [0.3, 0.4) is 0 Å². The zero-order chi connectivity index (χ0) is 26.0. The third kappa shape index (κ3) is 4.86. The Kier molecular flexibility index (Phi) is 7.71. The largest absolute Gasteiger partial charge is 0.504 e. The maximum atomic E-state index is 13.8. The number of methoxy groups -OCH3 is 2. The molecule has 3 atom stereocenters. The Balaban J connectivity index is 1.80. The second kappa shape index (κ2) is 10.8. The van der Waals surface area contributed by atoms with Crippen LogP contribution < -0.4 is 10.1 Å². The molecule has 0 aromatic heterocycles. The Morgan fingerprint density at radius 1 is 1.08 bits per heavy atom. The lowest BCUT2D eigenvalue weighted by Gasteiger charge is -2.38. The van der Waals surface area contributed by atoms with E-state index in [1.807, 2.05) is 6.92 Å². The first-order chi connectivity index (χ1) is 17.3. The van der Waals surface area contributed by atoms with Crippen molar-refractivity contribution >= 4 is 17.7 Å². The fourth-order valence-electron chi connectivity index (χ4n) is 5.73. The fraction of sp³-hybridized carbons (Fsp3) is 0.536. The lowest BCUT2D eigenvalue weighted by molar-refractivity contribution is -0.151. The van der Waals surface area contributed by atoms with Gasteiger partial charge in [-0.15, -0.1) is 0 Å². The van der Waals surface area contributed by atoms with Crippen LogP contribution in [-0.2, 0) is 23.9 Å². The molecule has 3 aliphatic rings. The van der Waals surface area contributed by atoms with E-state index in [0.29, 0.717) is 34.5 Å². The average molecular weight is 498 g/mol. The van der Waals surface area contributed by atoms with Crippen LogP contribution in [0.1, 0.15) is 70.3 Å². The Labute approximate surface area is 211 Å². The van der Waals surface area contributed by atoms with Crippen LogP contribution >= 0.6 is 0 Å². The number of rotatable bonds is 5. The number of ether oxygens (including phenoxy) is 3. The highest BCUT2D eigenvalue weighted by atomic mass is 16.5. The lowest BCUT2D eigenvalue weighted by atomic mass is 9.69. The average Bonchev–Trinajstić information content (AvgIpc) is 3.11. The van der Waals surface area contributed by atoms with Gasteiger partial charge in [-0.2, -0.15) is 0 Å². The fourth-order valence-corrected chi connectivity index (χ4v) is 5.73. The second-order valence-electron chi connectivity index (χ2n) is 9.99. The predicted octanol–water partition coefficient (Wildman–Crippen LogP) is 4.28. The van der Waals surface area contributed by atoms with Gasteiger partial charge in [0.2, 0.25) is 0 Å². The SMILES string of the molecule is COC(=O)[C@H]1C(=O)C2=C(C[C@H]1C)NC(C)=C(C(=O)OC1CCCCCC1)[C@H]2c1ccc(O)c(OC)c1. The van der Waals surface area contributed by atoms with Crippen molar-refractivity contribution in [3.05, 3.63) is 46.3 Å². The van der Waals surface area contributed by atoms with Crippen molar-refractivity contribution in [2.45, 2.75) is 70.8 Å². The van der Waals surface area contributed by atoms with Crippen molar-refractivity contribution in [2.24, 2.45) is 11.8 Å². The molecule has 1 aliphatic heterocycles. The van der Waals surface area contributed by atoms with Crippen molar-refractivity contribution in [1.82, 2.24) is 5.32 Å². The van der Waals surface area contributed by atoms with Crippen molar-refractivity contribution in [3.8, 4) is 11.5 Å². The first-order valence-electron chi connectivity index (χ1n) is 12.7. The number of dihydropyridines is 1. The molecular formula is C28H35NO7. The van der Waals surface area contributed by atoms with E-state index in [0.717, 1.165) is 38.5 Å². The van der Waals surface area contributed by atoms with E-state index < -0.39 is 23.8 Å². The molecular weight excluding hydrogens is 462 g/mol. The van der Waals surface area contributed by atoms with Gasteiger partial charge >= 0.3 is 11.9 Å². The molecule has 8 nitrogen and oxygen atoms in total. The van der Waals surface area contributed by atoms with Crippen LogP contribution in [0.2, 0.25) is 0 Å². The summed E-state index contributed by atoms with van der Waals surface area (Å²) in [5, 5.41) is 13.5. The van der Waals surface area contributed by atoms with Gasteiger partial charge in [0, 0.05) is 22.9 Å². The number of carbonyl (C=O) groups excluding carboxylic acids is 3. The molecule has 2 aliphatic carbocycles. The smallest absolute Gasteiger partial charge is 0.337 e. The van der Waals surface area contributed by atoms with Crippen molar-refractivity contribution in [3.63, 3.8) is 0 Å². The maximum absolute atomic E-state index is 13.8. The molecule has 1 heterocycles. The standard InChI is InChI=1S/C28H35NO7/c1-15-13-19-25(26(31)22(15)27(32)35-4)24(17-11-12-20(30)21(14-17)34-3)23(16(2)29-19)28(33)36-18-9-7-5-6-8-10-18/h11-12,14-15,18,22,24,29-30H,5-10,13H2,1-4H3/t15-,22-,24-/m1/s1. The zero-order valence-electron chi connectivity index (χ0n) is 21.4. The molecule has 0 spiro atoms. The van der Waals surface area contributed by atoms with Gasteiger partial charge in [0.25, 0.3) is 0 Å². The Morgan fingerprint density at radius 3 is 2.42 bits per heavy atom. The highest BCUT2D eigenvalue weighted by Crippen LogP contribution is 2.47. The minimum Gasteiger partial charge on any atom is -0.504 e. The second-order valence-corrected chi connectivity index (χ2v) is 9.99. The minimum atomic E-state index is -0.963. The van der Waals surface area contributed by atoms with Gasteiger partial charge in [-0.3, -0.25) is 9.59 Å². The van der Waals surface area contributed by atoms with Crippen LogP contribution in [0.25, 0.3) is 0 Å². The first-order valence-corrected chi connectivity index (χ1v) is 12.7. The van der Waals surface area contributed by atoms with Crippen LogP contribution in [0.4, 0.5) is 0 Å². The molecule has 1 aromatic rings. The topological polar surface area (TPSA) is 111 Å². The number of allylic oxidation sites excluding steroid dienone is 3. The van der Waals surface area contributed by atoms with Crippen LogP contribution in [0.15, 0.2) is 40.7 Å². The van der Waals surface area contributed by atoms with Gasteiger partial charge in [-0.1, -0.05) is 25.8 Å². The molecule has 2 N–H and O–H groups in total. The first kappa shape index (κ1) is 25.8. The highest BCUT2D eigenvalue weighted by molar-refractivity contribution is 6.12. The molecule has 4 rings (SSSR count). The monoisotopic (exact) mass is 497 g/mol. The van der Waals surface area contributed by atoms with Crippen LogP contribution in [0, 0.1) is 11.8 Å². The zero-order valence-corrected chi connectivity index (χ0v) is 21.4. The molecule has 1 saturated carbocycles. The molecule has 0 radical (unpaired) electrons. The summed E-state index contributed by atoms with van der Waals surface area (Å²) in [4.78, 5) is 40.1. The molecule has 0 unspecified atom stereocenters. The normalized spacial score (nSPS) is 25.0.